The smallest absolute Gasteiger partial charge is 0.227 e. The van der Waals surface area contributed by atoms with Crippen molar-refractivity contribution in [2.45, 2.75) is 12.8 Å². The zero-order valence-corrected chi connectivity index (χ0v) is 19.6. The fourth-order valence-corrected chi connectivity index (χ4v) is 5.74. The molecule has 2 aliphatic rings. The minimum Gasteiger partial charge on any atom is -0.356 e. The monoisotopic (exact) mass is 489 g/mol. The number of piperazine rings is 1. The number of amides is 2. The third kappa shape index (κ3) is 5.71. The molecule has 1 unspecified atom stereocenters. The Morgan fingerprint density at radius 2 is 1.91 bits per heavy atom. The lowest BCUT2D eigenvalue weighted by Gasteiger charge is -2.34. The van der Waals surface area contributed by atoms with Crippen LogP contribution in [0.5, 0.6) is 0 Å². The van der Waals surface area contributed by atoms with E-state index in [9.17, 15) is 22.4 Å². The first-order chi connectivity index (χ1) is 16.3. The SMILES string of the molecule is O=C(NCCCS(=O)(=O)N1CCN(c2ccccn2)CC1)C1CC(=O)N(c2cccc(F)c2)C1. The molecule has 2 amide bonds. The molecular formula is C23H28FN5O4S. The van der Waals surface area contributed by atoms with E-state index in [0.717, 1.165) is 5.82 Å². The van der Waals surface area contributed by atoms with Gasteiger partial charge < -0.3 is 15.1 Å². The van der Waals surface area contributed by atoms with E-state index in [4.69, 9.17) is 0 Å². The number of benzene rings is 1. The van der Waals surface area contributed by atoms with Crippen LogP contribution in [0.2, 0.25) is 0 Å². The summed E-state index contributed by atoms with van der Waals surface area (Å²) in [5.41, 5.74) is 0.425. The largest absolute Gasteiger partial charge is 0.356 e. The average Bonchev–Trinajstić information content (AvgIpc) is 3.24. The lowest BCUT2D eigenvalue weighted by molar-refractivity contribution is -0.126. The van der Waals surface area contributed by atoms with E-state index in [2.05, 4.69) is 15.2 Å². The lowest BCUT2D eigenvalue weighted by atomic mass is 10.1. The van der Waals surface area contributed by atoms with Crippen LogP contribution in [0.3, 0.4) is 0 Å². The van der Waals surface area contributed by atoms with Crippen LogP contribution in [0.25, 0.3) is 0 Å². The van der Waals surface area contributed by atoms with Crippen molar-refractivity contribution < 1.29 is 22.4 Å². The molecule has 0 aliphatic carbocycles. The first kappa shape index (κ1) is 24.1. The normalized spacial score (nSPS) is 19.4. The van der Waals surface area contributed by atoms with Crippen molar-refractivity contribution in [1.29, 1.82) is 0 Å². The topological polar surface area (TPSA) is 103 Å². The molecule has 1 aromatic carbocycles. The number of halogens is 1. The van der Waals surface area contributed by atoms with Crippen molar-refractivity contribution in [3.8, 4) is 0 Å². The molecule has 1 aromatic heterocycles. The van der Waals surface area contributed by atoms with Crippen LogP contribution < -0.4 is 15.1 Å². The molecule has 34 heavy (non-hydrogen) atoms. The van der Waals surface area contributed by atoms with Crippen LogP contribution in [0.15, 0.2) is 48.7 Å². The Kier molecular flexibility index (Phi) is 7.42. The number of nitrogens with one attached hydrogen (secondary N) is 1. The first-order valence-corrected chi connectivity index (χ1v) is 12.9. The van der Waals surface area contributed by atoms with E-state index in [1.807, 2.05) is 18.2 Å². The van der Waals surface area contributed by atoms with Crippen molar-refractivity contribution in [2.24, 2.45) is 5.92 Å². The van der Waals surface area contributed by atoms with E-state index in [-0.39, 0.29) is 43.5 Å². The van der Waals surface area contributed by atoms with E-state index in [1.54, 1.807) is 12.3 Å². The number of rotatable bonds is 8. The predicted octanol–water partition coefficient (Wildman–Crippen LogP) is 1.23. The van der Waals surface area contributed by atoms with E-state index in [1.165, 1.54) is 27.4 Å². The molecule has 0 bridgehead atoms. The second-order valence-electron chi connectivity index (χ2n) is 8.42. The Bertz CT molecular complexity index is 1120. The van der Waals surface area contributed by atoms with Crippen LogP contribution in [0, 0.1) is 11.7 Å². The number of hydrogen-bond donors (Lipinski definition) is 1. The molecule has 2 saturated heterocycles. The quantitative estimate of drug-likeness (QED) is 0.560. The number of carbonyl (C=O) groups is 2. The highest BCUT2D eigenvalue weighted by Crippen LogP contribution is 2.25. The fourth-order valence-electron chi connectivity index (χ4n) is 4.25. The van der Waals surface area contributed by atoms with Crippen molar-refractivity contribution in [3.63, 3.8) is 0 Å². The van der Waals surface area contributed by atoms with Gasteiger partial charge in [-0.05, 0) is 36.8 Å². The molecule has 9 nitrogen and oxygen atoms in total. The molecule has 1 N–H and O–H groups in total. The van der Waals surface area contributed by atoms with Crippen molar-refractivity contribution >= 4 is 33.3 Å². The third-order valence-corrected chi connectivity index (χ3v) is 8.06. The molecule has 2 aromatic rings. The van der Waals surface area contributed by atoms with Gasteiger partial charge in [0.2, 0.25) is 21.8 Å². The summed E-state index contributed by atoms with van der Waals surface area (Å²) in [6.07, 6.45) is 2.04. The Hall–Kier alpha value is -3.05. The van der Waals surface area contributed by atoms with Gasteiger partial charge in [0.25, 0.3) is 0 Å². The average molecular weight is 490 g/mol. The highest BCUT2D eigenvalue weighted by Gasteiger charge is 2.35. The number of carbonyl (C=O) groups excluding carboxylic acids is 2. The highest BCUT2D eigenvalue weighted by molar-refractivity contribution is 7.89. The first-order valence-electron chi connectivity index (χ1n) is 11.3. The summed E-state index contributed by atoms with van der Waals surface area (Å²) in [7, 11) is -3.43. The molecule has 182 valence electrons. The predicted molar refractivity (Wildman–Crippen MR) is 126 cm³/mol. The minimum atomic E-state index is -3.43. The van der Waals surface area contributed by atoms with Gasteiger partial charge in [-0.15, -0.1) is 0 Å². The van der Waals surface area contributed by atoms with E-state index in [0.29, 0.717) is 31.9 Å². The molecule has 0 spiro atoms. The third-order valence-electron chi connectivity index (χ3n) is 6.10. The van der Waals surface area contributed by atoms with Crippen LogP contribution in [0.4, 0.5) is 15.9 Å². The summed E-state index contributed by atoms with van der Waals surface area (Å²) >= 11 is 0. The summed E-state index contributed by atoms with van der Waals surface area (Å²) < 4.78 is 40.3. The lowest BCUT2D eigenvalue weighted by Crippen LogP contribution is -2.49. The Morgan fingerprint density at radius 1 is 1.12 bits per heavy atom. The van der Waals surface area contributed by atoms with Gasteiger partial charge in [-0.25, -0.2) is 17.8 Å². The molecule has 0 saturated carbocycles. The summed E-state index contributed by atoms with van der Waals surface area (Å²) in [6, 6.07) is 11.4. The molecule has 1 atom stereocenters. The molecule has 2 aliphatic heterocycles. The van der Waals surface area contributed by atoms with Crippen LogP contribution in [-0.2, 0) is 19.6 Å². The molecule has 3 heterocycles. The van der Waals surface area contributed by atoms with Gasteiger partial charge in [0.05, 0.1) is 11.7 Å². The van der Waals surface area contributed by atoms with E-state index >= 15 is 0 Å². The number of aromatic nitrogens is 1. The number of sulfonamides is 1. The Balaban J connectivity index is 1.20. The zero-order chi connectivity index (χ0) is 24.1. The van der Waals surface area contributed by atoms with Gasteiger partial charge in [-0.3, -0.25) is 9.59 Å². The maximum Gasteiger partial charge on any atom is 0.227 e. The zero-order valence-electron chi connectivity index (χ0n) is 18.8. The highest BCUT2D eigenvalue weighted by atomic mass is 32.2. The molecule has 4 rings (SSSR count). The Morgan fingerprint density at radius 3 is 2.62 bits per heavy atom. The molecule has 0 radical (unpaired) electrons. The summed E-state index contributed by atoms with van der Waals surface area (Å²) in [4.78, 5) is 32.5. The van der Waals surface area contributed by atoms with Crippen molar-refractivity contribution in [3.05, 3.63) is 54.5 Å². The second kappa shape index (κ2) is 10.5. The summed E-state index contributed by atoms with van der Waals surface area (Å²) in [5, 5.41) is 2.74. The summed E-state index contributed by atoms with van der Waals surface area (Å²) in [6.45, 7) is 2.31. The van der Waals surface area contributed by atoms with Crippen LogP contribution >= 0.6 is 0 Å². The number of hydrogen-bond acceptors (Lipinski definition) is 6. The number of anilines is 2. The maximum absolute atomic E-state index is 13.5. The van der Waals surface area contributed by atoms with Gasteiger partial charge in [0.1, 0.15) is 11.6 Å². The van der Waals surface area contributed by atoms with Gasteiger partial charge in [-0.1, -0.05) is 12.1 Å². The van der Waals surface area contributed by atoms with Gasteiger partial charge in [-0.2, -0.15) is 4.31 Å². The summed E-state index contributed by atoms with van der Waals surface area (Å²) in [5.74, 6) is -0.754. The number of pyridine rings is 1. The fraction of sp³-hybridized carbons (Fsp3) is 0.435. The van der Waals surface area contributed by atoms with Crippen molar-refractivity contribution in [1.82, 2.24) is 14.6 Å². The molecular weight excluding hydrogens is 461 g/mol. The van der Waals surface area contributed by atoms with E-state index < -0.39 is 21.8 Å². The minimum absolute atomic E-state index is 0.0429. The van der Waals surface area contributed by atoms with Gasteiger partial charge in [0, 0.05) is 57.6 Å². The Labute approximate surface area is 198 Å². The van der Waals surface area contributed by atoms with Gasteiger partial charge >= 0.3 is 0 Å². The maximum atomic E-state index is 13.5. The van der Waals surface area contributed by atoms with Crippen molar-refractivity contribution in [2.75, 3.05) is 54.8 Å². The van der Waals surface area contributed by atoms with Gasteiger partial charge in [0.15, 0.2) is 0 Å². The molecule has 11 heteroatoms. The number of nitrogens with zero attached hydrogens (tertiary/aromatic N) is 4. The van der Waals surface area contributed by atoms with Crippen LogP contribution in [0.1, 0.15) is 12.8 Å². The molecule has 2 fully saturated rings. The second-order valence-corrected chi connectivity index (χ2v) is 10.5. The standard InChI is InChI=1S/C23H28FN5O4S/c24-19-5-3-6-20(16-19)29-17-18(15-22(29)30)23(31)26-9-4-14-34(32,33)28-12-10-27(11-13-28)21-7-1-2-8-25-21/h1-3,5-8,16,18H,4,9-15,17H2,(H,26,31). The van der Waals surface area contributed by atoms with Crippen LogP contribution in [-0.4, -0.2) is 74.5 Å².